The number of pyridine rings is 1. The van der Waals surface area contributed by atoms with Crippen LogP contribution in [0.3, 0.4) is 0 Å². The molecule has 3 aromatic rings. The van der Waals surface area contributed by atoms with Gasteiger partial charge in [-0.05, 0) is 43.9 Å². The maximum absolute atomic E-state index is 13.2. The van der Waals surface area contributed by atoms with Crippen molar-refractivity contribution in [3.8, 4) is 0 Å². The van der Waals surface area contributed by atoms with Crippen molar-refractivity contribution >= 4 is 38.3 Å². The van der Waals surface area contributed by atoms with Gasteiger partial charge >= 0.3 is 5.69 Å². The molecule has 1 amide bonds. The van der Waals surface area contributed by atoms with Gasteiger partial charge in [-0.25, -0.2) is 17.4 Å². The average molecular weight is 514 g/mol. The molecular weight excluding hydrogens is 486 g/mol. The average Bonchev–Trinajstić information content (AvgIpc) is 3.35. The van der Waals surface area contributed by atoms with Gasteiger partial charge in [0, 0.05) is 31.2 Å². The molecule has 2 fully saturated rings. The van der Waals surface area contributed by atoms with Gasteiger partial charge in [0.1, 0.15) is 11.9 Å². The number of carbonyl (C=O) groups excluding carboxylic acids is 1. The fraction of sp³-hybridized carbons (Fsp3) is 0.417. The van der Waals surface area contributed by atoms with Crippen molar-refractivity contribution < 1.29 is 22.9 Å². The lowest BCUT2D eigenvalue weighted by Gasteiger charge is -2.34. The van der Waals surface area contributed by atoms with E-state index >= 15 is 0 Å². The minimum Gasteiger partial charge on any atom is -0.378 e. The van der Waals surface area contributed by atoms with Crippen LogP contribution in [0, 0.1) is 16.0 Å². The van der Waals surface area contributed by atoms with Crippen LogP contribution in [0.1, 0.15) is 25.7 Å². The third-order valence-electron chi connectivity index (χ3n) is 6.91. The first kappa shape index (κ1) is 24.2. The minimum atomic E-state index is -3.93. The predicted octanol–water partition coefficient (Wildman–Crippen LogP) is 3.01. The zero-order valence-electron chi connectivity index (χ0n) is 19.6. The molecule has 2 aliphatic rings. The number of amides is 1. The predicted molar refractivity (Wildman–Crippen MR) is 132 cm³/mol. The van der Waals surface area contributed by atoms with Gasteiger partial charge in [-0.1, -0.05) is 18.2 Å². The van der Waals surface area contributed by atoms with Crippen LogP contribution in [-0.2, 0) is 19.6 Å². The monoisotopic (exact) mass is 513 g/mol. The molecule has 12 heteroatoms. The van der Waals surface area contributed by atoms with Gasteiger partial charge in [-0.2, -0.15) is 0 Å². The number of morpholine rings is 1. The zero-order chi connectivity index (χ0) is 25.3. The van der Waals surface area contributed by atoms with Crippen LogP contribution in [0.4, 0.5) is 11.4 Å². The smallest absolute Gasteiger partial charge is 0.311 e. The number of nitro groups is 1. The summed E-state index contributed by atoms with van der Waals surface area (Å²) >= 11 is 0. The van der Waals surface area contributed by atoms with Crippen LogP contribution >= 0.6 is 0 Å². The number of carbonyl (C=O) groups is 1. The number of hydrogen-bond donors (Lipinski definition) is 1. The molecule has 2 aromatic heterocycles. The number of rotatable bonds is 6. The summed E-state index contributed by atoms with van der Waals surface area (Å²) in [6.07, 6.45) is 5.16. The summed E-state index contributed by atoms with van der Waals surface area (Å²) in [5, 5.41) is 15.4. The number of ether oxygens (including phenoxy) is 1. The Morgan fingerprint density at radius 3 is 2.44 bits per heavy atom. The number of hydrogen-bond acceptors (Lipinski definition) is 8. The molecule has 0 unspecified atom stereocenters. The van der Waals surface area contributed by atoms with E-state index in [1.807, 2.05) is 4.90 Å². The Kier molecular flexibility index (Phi) is 6.63. The highest BCUT2D eigenvalue weighted by Crippen LogP contribution is 2.36. The van der Waals surface area contributed by atoms with E-state index in [1.165, 1.54) is 24.4 Å². The van der Waals surface area contributed by atoms with Crippen LogP contribution in [0.5, 0.6) is 0 Å². The Hall–Kier alpha value is -3.51. The van der Waals surface area contributed by atoms with Crippen molar-refractivity contribution in [2.45, 2.75) is 36.6 Å². The lowest BCUT2D eigenvalue weighted by molar-refractivity contribution is -0.384. The van der Waals surface area contributed by atoms with Crippen LogP contribution in [0.2, 0.25) is 0 Å². The third-order valence-corrected chi connectivity index (χ3v) is 8.59. The van der Waals surface area contributed by atoms with Gasteiger partial charge in [0.15, 0.2) is 5.65 Å². The van der Waals surface area contributed by atoms with Crippen LogP contribution in [0.25, 0.3) is 11.0 Å². The summed E-state index contributed by atoms with van der Waals surface area (Å²) in [6.45, 7) is 2.34. The largest absolute Gasteiger partial charge is 0.378 e. The molecule has 11 nitrogen and oxygen atoms in total. The van der Waals surface area contributed by atoms with Gasteiger partial charge in [0.2, 0.25) is 5.91 Å². The molecule has 1 N–H and O–H groups in total. The number of anilines is 1. The Balaban J connectivity index is 1.39. The van der Waals surface area contributed by atoms with E-state index in [4.69, 9.17) is 4.74 Å². The van der Waals surface area contributed by atoms with Gasteiger partial charge < -0.3 is 15.0 Å². The summed E-state index contributed by atoms with van der Waals surface area (Å²) in [4.78, 5) is 30.2. The van der Waals surface area contributed by atoms with E-state index < -0.39 is 14.9 Å². The Bertz CT molecular complexity index is 1380. The molecule has 190 valence electrons. The lowest BCUT2D eigenvalue weighted by atomic mass is 9.85. The van der Waals surface area contributed by atoms with Crippen molar-refractivity contribution in [3.05, 3.63) is 58.9 Å². The summed E-state index contributed by atoms with van der Waals surface area (Å²) in [6, 6.07) is 9.40. The van der Waals surface area contributed by atoms with Gasteiger partial charge in [0.25, 0.3) is 10.0 Å². The van der Waals surface area contributed by atoms with Gasteiger partial charge in [0.05, 0.1) is 28.4 Å². The standard InChI is InChI=1S/C24H27N5O6S/c30-24(27-12-14-35-15-13-27)17-6-8-18(9-7-17)26-22-20-10-11-28(23(20)25-16-21(22)29(31)32)36(33,34)19-4-2-1-3-5-19/h1-5,10-11,16-18H,6-9,12-15H2,(H,25,26). The normalized spacial score (nSPS) is 20.8. The van der Waals surface area contributed by atoms with Crippen molar-refractivity contribution in [3.63, 3.8) is 0 Å². The highest BCUT2D eigenvalue weighted by atomic mass is 32.2. The van der Waals surface area contributed by atoms with Crippen LogP contribution in [-0.4, -0.2) is 65.4 Å². The van der Waals surface area contributed by atoms with Crippen LogP contribution < -0.4 is 5.32 Å². The minimum absolute atomic E-state index is 0.0642. The second-order valence-electron chi connectivity index (χ2n) is 9.07. The number of nitrogens with one attached hydrogen (secondary N) is 1. The van der Waals surface area contributed by atoms with Crippen molar-refractivity contribution in [2.75, 3.05) is 31.6 Å². The van der Waals surface area contributed by atoms with E-state index in [-0.39, 0.29) is 39.8 Å². The van der Waals surface area contributed by atoms with E-state index in [0.717, 1.165) is 10.2 Å². The van der Waals surface area contributed by atoms with E-state index in [0.29, 0.717) is 57.4 Å². The summed E-state index contributed by atoms with van der Waals surface area (Å²) in [5.41, 5.74) is 0.141. The number of aromatic nitrogens is 2. The molecule has 1 aromatic carbocycles. The number of fused-ring (bicyclic) bond motifs is 1. The summed E-state index contributed by atoms with van der Waals surface area (Å²) < 4.78 is 32.7. The summed E-state index contributed by atoms with van der Waals surface area (Å²) in [5.74, 6) is 0.0860. The molecule has 0 radical (unpaired) electrons. The molecule has 5 rings (SSSR count). The first-order chi connectivity index (χ1) is 17.4. The first-order valence-electron chi connectivity index (χ1n) is 11.9. The molecule has 1 saturated heterocycles. The lowest BCUT2D eigenvalue weighted by Crippen LogP contribution is -2.45. The highest BCUT2D eigenvalue weighted by Gasteiger charge is 2.32. The van der Waals surface area contributed by atoms with Crippen molar-refractivity contribution in [2.24, 2.45) is 5.92 Å². The Morgan fingerprint density at radius 1 is 1.08 bits per heavy atom. The van der Waals surface area contributed by atoms with E-state index in [2.05, 4.69) is 10.3 Å². The molecule has 0 spiro atoms. The third kappa shape index (κ3) is 4.53. The van der Waals surface area contributed by atoms with Crippen molar-refractivity contribution in [1.82, 2.24) is 13.9 Å². The Morgan fingerprint density at radius 2 is 1.78 bits per heavy atom. The second-order valence-corrected chi connectivity index (χ2v) is 10.9. The fourth-order valence-electron chi connectivity index (χ4n) is 4.97. The topological polar surface area (TPSA) is 137 Å². The molecular formula is C24H27N5O6S. The quantitative estimate of drug-likeness (QED) is 0.392. The first-order valence-corrected chi connectivity index (χ1v) is 13.4. The van der Waals surface area contributed by atoms with Crippen LogP contribution in [0.15, 0.2) is 53.7 Å². The molecule has 1 aliphatic heterocycles. The van der Waals surface area contributed by atoms with E-state index in [9.17, 15) is 23.3 Å². The maximum atomic E-state index is 13.2. The molecule has 1 saturated carbocycles. The molecule has 1 aliphatic carbocycles. The van der Waals surface area contributed by atoms with E-state index in [1.54, 1.807) is 18.2 Å². The molecule has 0 bridgehead atoms. The highest BCUT2D eigenvalue weighted by molar-refractivity contribution is 7.90. The number of benzene rings is 1. The number of nitrogens with zero attached hydrogens (tertiary/aromatic N) is 4. The fourth-order valence-corrected chi connectivity index (χ4v) is 6.30. The Labute approximate surface area is 208 Å². The van der Waals surface area contributed by atoms with Gasteiger partial charge in [-0.15, -0.1) is 0 Å². The molecule has 3 heterocycles. The SMILES string of the molecule is O=C(C1CCC(Nc2c([N+](=O)[O-])cnc3c2ccn3S(=O)(=O)c2ccccc2)CC1)N1CCOCC1. The zero-order valence-corrected chi connectivity index (χ0v) is 20.4. The summed E-state index contributed by atoms with van der Waals surface area (Å²) in [7, 11) is -3.93. The molecule has 0 atom stereocenters. The van der Waals surface area contributed by atoms with Gasteiger partial charge in [-0.3, -0.25) is 14.9 Å². The maximum Gasteiger partial charge on any atom is 0.311 e. The second kappa shape index (κ2) is 9.86. The molecule has 36 heavy (non-hydrogen) atoms. The van der Waals surface area contributed by atoms with Crippen molar-refractivity contribution in [1.29, 1.82) is 0 Å².